The van der Waals surface area contributed by atoms with Gasteiger partial charge in [-0.3, -0.25) is 24.0 Å². The van der Waals surface area contributed by atoms with Gasteiger partial charge < -0.3 is 47.7 Å². The number of primary amides is 1. The molecule has 11 N–H and O–H groups in total. The van der Waals surface area contributed by atoms with E-state index < -0.39 is 72.3 Å². The van der Waals surface area contributed by atoms with Crippen LogP contribution in [0.2, 0.25) is 0 Å². The zero-order chi connectivity index (χ0) is 26.7. The van der Waals surface area contributed by atoms with E-state index in [-0.39, 0.29) is 19.3 Å². The van der Waals surface area contributed by atoms with Crippen molar-refractivity contribution in [3.63, 3.8) is 0 Å². The van der Waals surface area contributed by atoms with Crippen molar-refractivity contribution in [1.82, 2.24) is 25.9 Å². The van der Waals surface area contributed by atoms with Crippen molar-refractivity contribution in [2.75, 3.05) is 0 Å². The highest BCUT2D eigenvalue weighted by molar-refractivity contribution is 5.95. The third-order valence-electron chi connectivity index (χ3n) is 4.70. The number of hydrogen-bond acceptors (Lipinski definition) is 9. The molecule has 194 valence electrons. The molecule has 0 aliphatic heterocycles. The number of nitrogens with two attached hydrogens (primary N) is 2. The molecule has 0 fully saturated rings. The van der Waals surface area contributed by atoms with Crippen molar-refractivity contribution < 1.29 is 44.1 Å². The number of rotatable bonds is 15. The molecule has 35 heavy (non-hydrogen) atoms. The van der Waals surface area contributed by atoms with Crippen LogP contribution in [0.4, 0.5) is 0 Å². The first-order valence-electron chi connectivity index (χ1n) is 10.4. The lowest BCUT2D eigenvalue weighted by Crippen LogP contribution is -2.60. The number of nitrogens with one attached hydrogen (secondary N) is 4. The minimum Gasteiger partial charge on any atom is -0.481 e. The second-order valence-corrected chi connectivity index (χ2v) is 7.68. The topological polar surface area (TPSA) is 280 Å². The number of H-pyrrole nitrogens is 1. The molecular weight excluding hydrogens is 470 g/mol. The average molecular weight is 499 g/mol. The van der Waals surface area contributed by atoms with Crippen molar-refractivity contribution in [3.8, 4) is 0 Å². The van der Waals surface area contributed by atoms with E-state index in [0.29, 0.717) is 5.69 Å². The fourth-order valence-electron chi connectivity index (χ4n) is 2.84. The van der Waals surface area contributed by atoms with Gasteiger partial charge in [-0.1, -0.05) is 0 Å². The van der Waals surface area contributed by atoms with Crippen molar-refractivity contribution in [1.29, 1.82) is 0 Å². The number of nitrogens with zero attached hydrogens (tertiary/aromatic N) is 1. The highest BCUT2D eigenvalue weighted by Crippen LogP contribution is 2.04. The normalized spacial score (nSPS) is 15.1. The van der Waals surface area contributed by atoms with Gasteiger partial charge in [0, 0.05) is 24.7 Å². The molecule has 5 atom stereocenters. The Morgan fingerprint density at radius 1 is 1.03 bits per heavy atom. The molecule has 0 bridgehead atoms. The lowest BCUT2D eigenvalue weighted by Gasteiger charge is -2.26. The van der Waals surface area contributed by atoms with Crippen LogP contribution in [0.25, 0.3) is 0 Å². The number of aliphatic carboxylic acids is 2. The Hall–Kier alpha value is -4.05. The molecule has 0 aromatic carbocycles. The van der Waals surface area contributed by atoms with E-state index in [4.69, 9.17) is 21.7 Å². The van der Waals surface area contributed by atoms with Gasteiger partial charge in [-0.05, 0) is 13.3 Å². The zero-order valence-electron chi connectivity index (χ0n) is 18.8. The molecule has 1 rings (SSSR count). The van der Waals surface area contributed by atoms with E-state index in [1.165, 1.54) is 12.5 Å². The summed E-state index contributed by atoms with van der Waals surface area (Å²) in [5, 5.41) is 34.5. The molecule has 16 nitrogen and oxygen atoms in total. The number of aromatic nitrogens is 2. The Balaban J connectivity index is 3.01. The molecule has 0 aliphatic rings. The second-order valence-electron chi connectivity index (χ2n) is 7.68. The summed E-state index contributed by atoms with van der Waals surface area (Å²) in [5.74, 6) is -6.63. The molecule has 5 unspecified atom stereocenters. The van der Waals surface area contributed by atoms with E-state index in [1.54, 1.807) is 0 Å². The number of aliphatic hydroxyl groups is 1. The van der Waals surface area contributed by atoms with Gasteiger partial charge in [0.25, 0.3) is 0 Å². The quantitative estimate of drug-likeness (QED) is 0.112. The first kappa shape index (κ1) is 29.0. The number of imidazole rings is 1. The number of hydrogen-bond donors (Lipinski definition) is 9. The SMILES string of the molecule is CC(O)C(NC(=O)C(Cc1cnc[nH]1)NC(=O)C(N)CCC(=O)O)C(=O)NC(CC(N)=O)C(=O)O. The van der Waals surface area contributed by atoms with E-state index >= 15 is 0 Å². The average Bonchev–Trinajstić information content (AvgIpc) is 3.26. The number of carbonyl (C=O) groups excluding carboxylic acids is 4. The van der Waals surface area contributed by atoms with Gasteiger partial charge in [-0.25, -0.2) is 9.78 Å². The summed E-state index contributed by atoms with van der Waals surface area (Å²) < 4.78 is 0. The summed E-state index contributed by atoms with van der Waals surface area (Å²) in [6.45, 7) is 1.15. The van der Waals surface area contributed by atoms with Gasteiger partial charge in [0.2, 0.25) is 23.6 Å². The van der Waals surface area contributed by atoms with Crippen LogP contribution in [0.3, 0.4) is 0 Å². The Bertz CT molecular complexity index is 920. The minimum atomic E-state index is -1.70. The van der Waals surface area contributed by atoms with Crippen LogP contribution < -0.4 is 27.4 Å². The summed E-state index contributed by atoms with van der Waals surface area (Å²) in [6.07, 6.45) is -0.270. The second kappa shape index (κ2) is 13.6. The molecule has 0 aliphatic carbocycles. The summed E-state index contributed by atoms with van der Waals surface area (Å²) in [5.41, 5.74) is 11.1. The van der Waals surface area contributed by atoms with Crippen LogP contribution in [-0.2, 0) is 35.2 Å². The number of carbonyl (C=O) groups is 6. The summed E-state index contributed by atoms with van der Waals surface area (Å²) in [4.78, 5) is 77.5. The van der Waals surface area contributed by atoms with E-state index in [2.05, 4.69) is 20.6 Å². The maximum absolute atomic E-state index is 12.9. The molecule has 4 amide bonds. The zero-order valence-corrected chi connectivity index (χ0v) is 18.8. The maximum atomic E-state index is 12.9. The first-order valence-corrected chi connectivity index (χ1v) is 10.4. The van der Waals surface area contributed by atoms with Crippen LogP contribution in [-0.4, -0.2) is 91.1 Å². The van der Waals surface area contributed by atoms with Crippen LogP contribution in [0.5, 0.6) is 0 Å². The smallest absolute Gasteiger partial charge is 0.326 e. The largest absolute Gasteiger partial charge is 0.481 e. The standard InChI is InChI=1S/C19H29N7O9/c1-8(27)15(18(33)25-12(19(34)35)5-13(21)28)26-17(32)11(4-9-6-22-7-23-9)24-16(31)10(20)2-3-14(29)30/h6-8,10-12,15,27H,2-5,20H2,1H3,(H2,21,28)(H,22,23)(H,24,31)(H,25,33)(H,26,32)(H,29,30)(H,34,35). The Morgan fingerprint density at radius 3 is 2.14 bits per heavy atom. The van der Waals surface area contributed by atoms with Gasteiger partial charge in [0.1, 0.15) is 18.1 Å². The molecule has 1 aromatic heterocycles. The molecule has 1 heterocycles. The number of carboxylic acids is 2. The number of aliphatic hydroxyl groups excluding tert-OH is 1. The molecule has 0 spiro atoms. The fourth-order valence-corrected chi connectivity index (χ4v) is 2.84. The van der Waals surface area contributed by atoms with Crippen molar-refractivity contribution >= 4 is 35.6 Å². The number of aromatic amines is 1. The fraction of sp³-hybridized carbons (Fsp3) is 0.526. The molecule has 1 aromatic rings. The minimum absolute atomic E-state index is 0.142. The van der Waals surface area contributed by atoms with Crippen LogP contribution in [0.1, 0.15) is 31.9 Å². The monoisotopic (exact) mass is 499 g/mol. The summed E-state index contributed by atoms with van der Waals surface area (Å²) in [7, 11) is 0. The van der Waals surface area contributed by atoms with Crippen molar-refractivity contribution in [2.24, 2.45) is 11.5 Å². The number of carboxylic acid groups (broad SMARTS) is 2. The van der Waals surface area contributed by atoms with Gasteiger partial charge in [-0.2, -0.15) is 0 Å². The Morgan fingerprint density at radius 2 is 1.66 bits per heavy atom. The van der Waals surface area contributed by atoms with E-state index in [9.17, 15) is 33.9 Å². The predicted molar refractivity (Wildman–Crippen MR) is 116 cm³/mol. The van der Waals surface area contributed by atoms with Crippen molar-refractivity contribution in [3.05, 3.63) is 18.2 Å². The summed E-state index contributed by atoms with van der Waals surface area (Å²) >= 11 is 0. The molecule has 0 saturated heterocycles. The molecule has 0 radical (unpaired) electrons. The highest BCUT2D eigenvalue weighted by Gasteiger charge is 2.33. The Kier molecular flexibility index (Phi) is 11.3. The van der Waals surface area contributed by atoms with Crippen molar-refractivity contribution in [2.45, 2.75) is 62.9 Å². The van der Waals surface area contributed by atoms with Gasteiger partial charge >= 0.3 is 11.9 Å². The van der Waals surface area contributed by atoms with Gasteiger partial charge in [0.15, 0.2) is 0 Å². The third-order valence-corrected chi connectivity index (χ3v) is 4.70. The highest BCUT2D eigenvalue weighted by atomic mass is 16.4. The van der Waals surface area contributed by atoms with Gasteiger partial charge in [-0.15, -0.1) is 0 Å². The van der Waals surface area contributed by atoms with E-state index in [0.717, 1.165) is 6.92 Å². The molecular formula is C19H29N7O9. The Labute approximate surface area is 198 Å². The molecule has 0 saturated carbocycles. The van der Waals surface area contributed by atoms with Crippen LogP contribution in [0.15, 0.2) is 12.5 Å². The predicted octanol–water partition coefficient (Wildman–Crippen LogP) is -4.06. The van der Waals surface area contributed by atoms with Crippen LogP contribution >= 0.6 is 0 Å². The summed E-state index contributed by atoms with van der Waals surface area (Å²) in [6, 6.07) is -5.96. The van der Waals surface area contributed by atoms with Gasteiger partial charge in [0.05, 0.1) is 24.9 Å². The van der Waals surface area contributed by atoms with Crippen LogP contribution in [0, 0.1) is 0 Å². The maximum Gasteiger partial charge on any atom is 0.326 e. The lowest BCUT2D eigenvalue weighted by molar-refractivity contribution is -0.144. The molecule has 16 heteroatoms. The van der Waals surface area contributed by atoms with E-state index in [1.807, 2.05) is 5.32 Å². The number of amides is 4. The first-order chi connectivity index (χ1) is 16.3. The third kappa shape index (κ3) is 10.2. The lowest BCUT2D eigenvalue weighted by atomic mass is 10.1.